The molecule has 0 atom stereocenters. The number of nitrogens with one attached hydrogen (secondary N) is 1. The molecular formula is C17H21N3O3. The Labute approximate surface area is 134 Å². The summed E-state index contributed by atoms with van der Waals surface area (Å²) in [5.74, 6) is -0.878. The fraction of sp³-hybridized carbons (Fsp3) is 0.412. The van der Waals surface area contributed by atoms with Gasteiger partial charge in [-0.3, -0.25) is 9.59 Å². The Morgan fingerprint density at radius 3 is 2.70 bits per heavy atom. The molecule has 0 radical (unpaired) electrons. The molecule has 0 bridgehead atoms. The van der Waals surface area contributed by atoms with E-state index in [4.69, 9.17) is 5.11 Å². The molecule has 2 aromatic rings. The molecule has 1 fully saturated rings. The van der Waals surface area contributed by atoms with Crippen molar-refractivity contribution in [2.45, 2.75) is 12.8 Å². The van der Waals surface area contributed by atoms with E-state index in [-0.39, 0.29) is 12.5 Å². The molecule has 6 nitrogen and oxygen atoms in total. The molecule has 122 valence electrons. The number of likely N-dealkylation sites (tertiary alicyclic amines) is 1. The smallest absolute Gasteiger partial charge is 0.313 e. The number of rotatable bonds is 2. The molecule has 1 aromatic heterocycles. The van der Waals surface area contributed by atoms with E-state index in [1.54, 1.807) is 11.0 Å². The second-order valence-corrected chi connectivity index (χ2v) is 6.07. The number of carbonyl (C=O) groups is 2. The molecule has 1 aliphatic rings. The number of aromatic nitrogens is 1. The van der Waals surface area contributed by atoms with Crippen molar-refractivity contribution >= 4 is 28.4 Å². The van der Waals surface area contributed by atoms with E-state index in [9.17, 15) is 9.59 Å². The molecule has 1 aromatic carbocycles. The number of anilines is 1. The minimum atomic E-state index is -0.610. The van der Waals surface area contributed by atoms with Gasteiger partial charge in [-0.1, -0.05) is 6.07 Å². The van der Waals surface area contributed by atoms with Crippen LogP contribution in [0.25, 0.3) is 10.9 Å². The SMILES string of the molecule is Cn1ccc2ccc(NC(=O)C(=O)N3CCC(CO)CC3)cc21. The summed E-state index contributed by atoms with van der Waals surface area (Å²) in [7, 11) is 1.93. The van der Waals surface area contributed by atoms with Gasteiger partial charge in [-0.05, 0) is 42.3 Å². The number of fused-ring (bicyclic) bond motifs is 1. The van der Waals surface area contributed by atoms with Crippen molar-refractivity contribution in [3.8, 4) is 0 Å². The fourth-order valence-electron chi connectivity index (χ4n) is 2.99. The molecular weight excluding hydrogens is 294 g/mol. The lowest BCUT2D eigenvalue weighted by Crippen LogP contribution is -2.44. The molecule has 0 spiro atoms. The predicted molar refractivity (Wildman–Crippen MR) is 87.9 cm³/mol. The summed E-state index contributed by atoms with van der Waals surface area (Å²) < 4.78 is 1.96. The maximum Gasteiger partial charge on any atom is 0.313 e. The van der Waals surface area contributed by atoms with Gasteiger partial charge in [-0.15, -0.1) is 0 Å². The van der Waals surface area contributed by atoms with E-state index < -0.39 is 11.8 Å². The Hall–Kier alpha value is -2.34. The fourth-order valence-corrected chi connectivity index (χ4v) is 2.99. The summed E-state index contributed by atoms with van der Waals surface area (Å²) in [6.45, 7) is 1.19. The average molecular weight is 315 g/mol. The van der Waals surface area contributed by atoms with Crippen molar-refractivity contribution in [3.63, 3.8) is 0 Å². The Morgan fingerprint density at radius 1 is 1.26 bits per heavy atom. The van der Waals surface area contributed by atoms with Crippen LogP contribution in [0.1, 0.15) is 12.8 Å². The Balaban J connectivity index is 1.65. The summed E-state index contributed by atoms with van der Waals surface area (Å²) in [6, 6.07) is 7.57. The van der Waals surface area contributed by atoms with E-state index >= 15 is 0 Å². The molecule has 2 heterocycles. The summed E-state index contributed by atoms with van der Waals surface area (Å²) in [5.41, 5.74) is 1.61. The lowest BCUT2D eigenvalue weighted by Gasteiger charge is -2.30. The van der Waals surface area contributed by atoms with Gasteiger partial charge in [0.15, 0.2) is 0 Å². The first-order valence-electron chi connectivity index (χ1n) is 7.84. The quantitative estimate of drug-likeness (QED) is 0.822. The summed E-state index contributed by atoms with van der Waals surface area (Å²) >= 11 is 0. The van der Waals surface area contributed by atoms with Gasteiger partial charge in [-0.25, -0.2) is 0 Å². The van der Waals surface area contributed by atoms with Crippen LogP contribution in [-0.2, 0) is 16.6 Å². The summed E-state index contributed by atoms with van der Waals surface area (Å²) in [6.07, 6.45) is 3.43. The highest BCUT2D eigenvalue weighted by molar-refractivity contribution is 6.39. The molecule has 2 amide bonds. The number of aliphatic hydroxyl groups is 1. The molecule has 2 N–H and O–H groups in total. The molecule has 23 heavy (non-hydrogen) atoms. The van der Waals surface area contributed by atoms with Crippen molar-refractivity contribution in [1.82, 2.24) is 9.47 Å². The van der Waals surface area contributed by atoms with E-state index in [0.717, 1.165) is 23.7 Å². The number of piperidine rings is 1. The van der Waals surface area contributed by atoms with E-state index in [1.165, 1.54) is 0 Å². The maximum atomic E-state index is 12.2. The van der Waals surface area contributed by atoms with Gasteiger partial charge in [0.1, 0.15) is 0 Å². The number of aryl methyl sites for hydroxylation is 1. The first-order valence-corrected chi connectivity index (χ1v) is 7.84. The highest BCUT2D eigenvalue weighted by Gasteiger charge is 2.26. The maximum absolute atomic E-state index is 12.2. The first-order chi connectivity index (χ1) is 11.1. The Kier molecular flexibility index (Phi) is 4.34. The second-order valence-electron chi connectivity index (χ2n) is 6.07. The molecule has 0 aliphatic carbocycles. The van der Waals surface area contributed by atoms with Gasteiger partial charge in [0.25, 0.3) is 0 Å². The summed E-state index contributed by atoms with van der Waals surface area (Å²) in [5, 5.41) is 12.9. The van der Waals surface area contributed by atoms with Crippen LogP contribution in [0.5, 0.6) is 0 Å². The van der Waals surface area contributed by atoms with Crippen LogP contribution in [0.15, 0.2) is 30.5 Å². The van der Waals surface area contributed by atoms with Crippen LogP contribution in [0.3, 0.4) is 0 Å². The van der Waals surface area contributed by atoms with Gasteiger partial charge >= 0.3 is 11.8 Å². The lowest BCUT2D eigenvalue weighted by atomic mass is 9.98. The third kappa shape index (κ3) is 3.22. The monoisotopic (exact) mass is 315 g/mol. The van der Waals surface area contributed by atoms with Crippen molar-refractivity contribution in [2.24, 2.45) is 13.0 Å². The number of carbonyl (C=O) groups excluding carboxylic acids is 2. The number of aliphatic hydroxyl groups excluding tert-OH is 1. The molecule has 1 saturated heterocycles. The number of amides is 2. The second kappa shape index (κ2) is 6.42. The molecule has 1 aliphatic heterocycles. The van der Waals surface area contributed by atoms with Crippen LogP contribution < -0.4 is 5.32 Å². The van der Waals surface area contributed by atoms with Gasteiger partial charge in [0, 0.05) is 44.1 Å². The third-order valence-electron chi connectivity index (χ3n) is 4.50. The molecule has 0 saturated carbocycles. The Bertz CT molecular complexity index is 730. The first kappa shape index (κ1) is 15.6. The van der Waals surface area contributed by atoms with Crippen LogP contribution in [0.2, 0.25) is 0 Å². The zero-order chi connectivity index (χ0) is 16.4. The normalized spacial score (nSPS) is 15.8. The minimum Gasteiger partial charge on any atom is -0.396 e. The zero-order valence-electron chi connectivity index (χ0n) is 13.2. The van der Waals surface area contributed by atoms with Crippen LogP contribution >= 0.6 is 0 Å². The summed E-state index contributed by atoms with van der Waals surface area (Å²) in [4.78, 5) is 25.9. The predicted octanol–water partition coefficient (Wildman–Crippen LogP) is 1.35. The zero-order valence-corrected chi connectivity index (χ0v) is 13.2. The number of nitrogens with zero attached hydrogens (tertiary/aromatic N) is 2. The van der Waals surface area contributed by atoms with Gasteiger partial charge < -0.3 is 19.9 Å². The average Bonchev–Trinajstić information content (AvgIpc) is 2.95. The highest BCUT2D eigenvalue weighted by Crippen LogP contribution is 2.20. The Morgan fingerprint density at radius 2 is 2.00 bits per heavy atom. The number of hydrogen-bond acceptors (Lipinski definition) is 3. The highest BCUT2D eigenvalue weighted by atomic mass is 16.3. The van der Waals surface area contributed by atoms with Crippen molar-refractivity contribution in [3.05, 3.63) is 30.5 Å². The molecule has 0 unspecified atom stereocenters. The van der Waals surface area contributed by atoms with E-state index in [2.05, 4.69) is 5.32 Å². The minimum absolute atomic E-state index is 0.144. The largest absolute Gasteiger partial charge is 0.396 e. The van der Waals surface area contributed by atoms with Crippen molar-refractivity contribution in [2.75, 3.05) is 25.0 Å². The molecule has 6 heteroatoms. The van der Waals surface area contributed by atoms with Crippen molar-refractivity contribution in [1.29, 1.82) is 0 Å². The van der Waals surface area contributed by atoms with Gasteiger partial charge in [0.05, 0.1) is 0 Å². The standard InChI is InChI=1S/C17H21N3O3/c1-19-7-6-13-2-3-14(10-15(13)19)18-16(22)17(23)20-8-4-12(11-21)5-9-20/h2-3,6-7,10,12,21H,4-5,8-9,11H2,1H3,(H,18,22). The van der Waals surface area contributed by atoms with Crippen LogP contribution in [-0.4, -0.2) is 46.1 Å². The van der Waals surface area contributed by atoms with Gasteiger partial charge in [0.2, 0.25) is 0 Å². The number of benzene rings is 1. The van der Waals surface area contributed by atoms with Crippen molar-refractivity contribution < 1.29 is 14.7 Å². The van der Waals surface area contributed by atoms with Crippen LogP contribution in [0, 0.1) is 5.92 Å². The van der Waals surface area contributed by atoms with Crippen LogP contribution in [0.4, 0.5) is 5.69 Å². The molecule has 3 rings (SSSR count). The number of hydrogen-bond donors (Lipinski definition) is 2. The topological polar surface area (TPSA) is 74.6 Å². The van der Waals surface area contributed by atoms with E-state index in [0.29, 0.717) is 18.8 Å². The van der Waals surface area contributed by atoms with E-state index in [1.807, 2.05) is 36.0 Å². The third-order valence-corrected chi connectivity index (χ3v) is 4.50. The van der Waals surface area contributed by atoms with Gasteiger partial charge in [-0.2, -0.15) is 0 Å². The lowest BCUT2D eigenvalue weighted by molar-refractivity contribution is -0.144.